The Labute approximate surface area is 193 Å². The van der Waals surface area contributed by atoms with Crippen LogP contribution in [0.5, 0.6) is 0 Å². The zero-order chi connectivity index (χ0) is 24.2. The SMILES string of the molecule is Cc1c(Cc2cc(C(C)(C)C)cc(C(C)(C)C)c2C)cc(C(C)(C)C)cc1C(C)(C)C. The first-order chi connectivity index (χ1) is 13.7. The van der Waals surface area contributed by atoms with E-state index < -0.39 is 0 Å². The van der Waals surface area contributed by atoms with E-state index in [1.807, 2.05) is 0 Å². The molecule has 0 fully saturated rings. The topological polar surface area (TPSA) is 0 Å². The highest BCUT2D eigenvalue weighted by Gasteiger charge is 2.26. The maximum absolute atomic E-state index is 2.48. The average molecular weight is 421 g/mol. The quantitative estimate of drug-likeness (QED) is 0.454. The van der Waals surface area contributed by atoms with Gasteiger partial charge in [0.05, 0.1) is 0 Å². The second-order valence-electron chi connectivity index (χ2n) is 13.8. The Bertz CT molecular complexity index is 862. The molecule has 0 aliphatic heterocycles. The molecule has 0 unspecified atom stereocenters. The Hall–Kier alpha value is -1.56. The van der Waals surface area contributed by atoms with Crippen LogP contribution in [-0.2, 0) is 28.1 Å². The van der Waals surface area contributed by atoms with Gasteiger partial charge < -0.3 is 0 Å². The molecule has 2 aromatic rings. The van der Waals surface area contributed by atoms with E-state index in [9.17, 15) is 0 Å². The van der Waals surface area contributed by atoms with E-state index in [0.29, 0.717) is 0 Å². The van der Waals surface area contributed by atoms with Crippen LogP contribution >= 0.6 is 0 Å². The molecule has 0 heterocycles. The van der Waals surface area contributed by atoms with Gasteiger partial charge >= 0.3 is 0 Å². The van der Waals surface area contributed by atoms with Crippen molar-refractivity contribution in [1.29, 1.82) is 0 Å². The Morgan fingerprint density at radius 2 is 0.742 bits per heavy atom. The van der Waals surface area contributed by atoms with Gasteiger partial charge in [-0.15, -0.1) is 0 Å². The minimum absolute atomic E-state index is 0.138. The fourth-order valence-electron chi connectivity index (χ4n) is 4.55. The molecule has 31 heavy (non-hydrogen) atoms. The summed E-state index contributed by atoms with van der Waals surface area (Å²) in [5.74, 6) is 0. The molecule has 0 aliphatic rings. The fraction of sp³-hybridized carbons (Fsp3) is 0.613. The minimum atomic E-state index is 0.138. The monoisotopic (exact) mass is 420 g/mol. The lowest BCUT2D eigenvalue weighted by molar-refractivity contribution is 0.562. The summed E-state index contributed by atoms with van der Waals surface area (Å²) in [5.41, 5.74) is 12.3. The van der Waals surface area contributed by atoms with Gasteiger partial charge in [-0.3, -0.25) is 0 Å². The average Bonchev–Trinajstić information content (AvgIpc) is 2.53. The Morgan fingerprint density at radius 3 is 0.968 bits per heavy atom. The summed E-state index contributed by atoms with van der Waals surface area (Å²) in [7, 11) is 0. The highest BCUT2D eigenvalue weighted by atomic mass is 14.3. The minimum Gasteiger partial charge on any atom is -0.0561 e. The van der Waals surface area contributed by atoms with E-state index >= 15 is 0 Å². The van der Waals surface area contributed by atoms with Crippen LogP contribution in [0.15, 0.2) is 24.3 Å². The Kier molecular flexibility index (Phi) is 6.71. The van der Waals surface area contributed by atoms with Crippen molar-refractivity contribution in [2.45, 2.75) is 125 Å². The van der Waals surface area contributed by atoms with Gasteiger partial charge in [-0.2, -0.15) is 0 Å². The van der Waals surface area contributed by atoms with Gasteiger partial charge in [-0.25, -0.2) is 0 Å². The third-order valence-electron chi connectivity index (χ3n) is 6.76. The predicted molar refractivity (Wildman–Crippen MR) is 140 cm³/mol. The van der Waals surface area contributed by atoms with Crippen molar-refractivity contribution >= 4 is 0 Å². The van der Waals surface area contributed by atoms with Crippen molar-refractivity contribution in [3.05, 3.63) is 68.8 Å². The van der Waals surface area contributed by atoms with E-state index in [1.54, 1.807) is 0 Å². The number of rotatable bonds is 2. The first-order valence-corrected chi connectivity index (χ1v) is 12.0. The van der Waals surface area contributed by atoms with Gasteiger partial charge in [0.25, 0.3) is 0 Å². The maximum Gasteiger partial charge on any atom is -0.00201 e. The first kappa shape index (κ1) is 25.7. The van der Waals surface area contributed by atoms with Gasteiger partial charge in [0.1, 0.15) is 0 Å². The van der Waals surface area contributed by atoms with E-state index in [1.165, 1.54) is 44.5 Å². The lowest BCUT2D eigenvalue weighted by Gasteiger charge is -2.30. The molecule has 2 rings (SSSR count). The molecule has 0 aromatic heterocycles. The lowest BCUT2D eigenvalue weighted by atomic mass is 9.74. The molecule has 0 bridgehead atoms. The molecule has 0 aliphatic carbocycles. The fourth-order valence-corrected chi connectivity index (χ4v) is 4.55. The van der Waals surface area contributed by atoms with Crippen molar-refractivity contribution in [2.24, 2.45) is 0 Å². The molecular formula is C31H48. The number of hydrogen-bond acceptors (Lipinski definition) is 0. The molecule has 0 amide bonds. The summed E-state index contributed by atoms with van der Waals surface area (Å²) in [6, 6.07) is 9.87. The van der Waals surface area contributed by atoms with Gasteiger partial charge in [0, 0.05) is 0 Å². The van der Waals surface area contributed by atoms with Crippen LogP contribution in [0.4, 0.5) is 0 Å². The molecule has 0 radical (unpaired) electrons. The molecule has 172 valence electrons. The van der Waals surface area contributed by atoms with Crippen LogP contribution < -0.4 is 0 Å². The summed E-state index contributed by atoms with van der Waals surface area (Å²) >= 11 is 0. The third kappa shape index (κ3) is 5.82. The van der Waals surface area contributed by atoms with Gasteiger partial charge in [-0.1, -0.05) is 107 Å². The normalized spacial score (nSPS) is 13.6. The van der Waals surface area contributed by atoms with E-state index in [2.05, 4.69) is 121 Å². The van der Waals surface area contributed by atoms with Crippen molar-refractivity contribution in [1.82, 2.24) is 0 Å². The molecule has 0 spiro atoms. The molecule has 2 aromatic carbocycles. The van der Waals surface area contributed by atoms with Gasteiger partial charge in [0.2, 0.25) is 0 Å². The predicted octanol–water partition coefficient (Wildman–Crippen LogP) is 9.08. The highest BCUT2D eigenvalue weighted by Crippen LogP contribution is 2.37. The van der Waals surface area contributed by atoms with Gasteiger partial charge in [0.15, 0.2) is 0 Å². The Balaban J connectivity index is 2.78. The molecule has 0 nitrogen and oxygen atoms in total. The van der Waals surface area contributed by atoms with Crippen LogP contribution in [0.3, 0.4) is 0 Å². The van der Waals surface area contributed by atoms with Crippen molar-refractivity contribution < 1.29 is 0 Å². The standard InChI is InChI=1S/C31H48/c1-20-22(16-24(28(3,4)5)18-26(20)30(9,10)11)15-23-17-25(29(6,7)8)19-27(21(23)2)31(12,13)14/h16-19H,15H2,1-14H3. The van der Waals surface area contributed by atoms with Crippen LogP contribution in [0.1, 0.15) is 128 Å². The second kappa shape index (κ2) is 8.09. The van der Waals surface area contributed by atoms with Crippen molar-refractivity contribution in [2.75, 3.05) is 0 Å². The van der Waals surface area contributed by atoms with Crippen molar-refractivity contribution in [3.63, 3.8) is 0 Å². The number of benzene rings is 2. The van der Waals surface area contributed by atoms with E-state index in [-0.39, 0.29) is 21.7 Å². The zero-order valence-corrected chi connectivity index (χ0v) is 23.0. The zero-order valence-electron chi connectivity index (χ0n) is 23.0. The lowest BCUT2D eigenvalue weighted by Crippen LogP contribution is -2.20. The molecule has 0 atom stereocenters. The van der Waals surface area contributed by atoms with Crippen LogP contribution in [-0.4, -0.2) is 0 Å². The summed E-state index contributed by atoms with van der Waals surface area (Å²) in [4.78, 5) is 0. The molecule has 0 saturated carbocycles. The smallest absolute Gasteiger partial charge is 0.00201 e. The van der Waals surface area contributed by atoms with Gasteiger partial charge in [-0.05, 0) is 86.4 Å². The maximum atomic E-state index is 2.48. The summed E-state index contributed by atoms with van der Waals surface area (Å²) in [5, 5.41) is 0. The van der Waals surface area contributed by atoms with Crippen molar-refractivity contribution in [3.8, 4) is 0 Å². The van der Waals surface area contributed by atoms with E-state index in [4.69, 9.17) is 0 Å². The summed E-state index contributed by atoms with van der Waals surface area (Å²) in [6.07, 6.45) is 0.998. The molecule has 0 heteroatoms. The summed E-state index contributed by atoms with van der Waals surface area (Å²) < 4.78 is 0. The number of hydrogen-bond donors (Lipinski definition) is 0. The van der Waals surface area contributed by atoms with Crippen LogP contribution in [0.25, 0.3) is 0 Å². The first-order valence-electron chi connectivity index (χ1n) is 12.0. The molecule has 0 saturated heterocycles. The second-order valence-corrected chi connectivity index (χ2v) is 13.8. The van der Waals surface area contributed by atoms with Crippen LogP contribution in [0, 0.1) is 13.8 Å². The molecular weight excluding hydrogens is 372 g/mol. The third-order valence-corrected chi connectivity index (χ3v) is 6.76. The Morgan fingerprint density at radius 1 is 0.452 bits per heavy atom. The van der Waals surface area contributed by atoms with Crippen LogP contribution in [0.2, 0.25) is 0 Å². The van der Waals surface area contributed by atoms with E-state index in [0.717, 1.165) is 6.42 Å². The largest absolute Gasteiger partial charge is 0.0561 e. The summed E-state index contributed by atoms with van der Waals surface area (Å²) in [6.45, 7) is 32.7. The highest BCUT2D eigenvalue weighted by molar-refractivity contribution is 5.50. The molecule has 0 N–H and O–H groups in total.